The molecule has 1 N–H and O–H groups in total. The van der Waals surface area contributed by atoms with Crippen LogP contribution in [0.2, 0.25) is 10.0 Å². The minimum absolute atomic E-state index is 0.532. The van der Waals surface area contributed by atoms with Gasteiger partial charge in [0.05, 0.1) is 10.0 Å². The van der Waals surface area contributed by atoms with E-state index in [1.807, 2.05) is 18.2 Å². The molecule has 0 heterocycles. The third kappa shape index (κ3) is 4.67. The molecule has 0 saturated heterocycles. The van der Waals surface area contributed by atoms with Gasteiger partial charge < -0.3 is 10.1 Å². The van der Waals surface area contributed by atoms with Gasteiger partial charge in [-0.25, -0.2) is 0 Å². The Hall–Kier alpha value is -0.740. The Kier molecular flexibility index (Phi) is 6.17. The Bertz CT molecular complexity index is 563. The van der Waals surface area contributed by atoms with Crippen LogP contribution in [0.1, 0.15) is 5.56 Å². The van der Waals surface area contributed by atoms with Crippen molar-refractivity contribution in [2.24, 2.45) is 0 Å². The summed E-state index contributed by atoms with van der Waals surface area (Å²) in [5.41, 5.74) is 1.25. The standard InChI is InChI=1S/C15H14BrCl2NO/c16-12-8-14(18)15(9-13(12)17)20-7-6-19-10-11-4-2-1-3-5-11/h1-5,8-9,19H,6-7,10H2. The minimum Gasteiger partial charge on any atom is -0.491 e. The summed E-state index contributed by atoms with van der Waals surface area (Å²) in [4.78, 5) is 0. The van der Waals surface area contributed by atoms with E-state index >= 15 is 0 Å². The molecule has 0 aromatic heterocycles. The number of halogens is 3. The van der Waals surface area contributed by atoms with E-state index in [2.05, 4.69) is 33.4 Å². The van der Waals surface area contributed by atoms with Crippen LogP contribution in [0, 0.1) is 0 Å². The molecule has 0 amide bonds. The van der Waals surface area contributed by atoms with Crippen LogP contribution in [-0.4, -0.2) is 13.2 Å². The maximum atomic E-state index is 6.08. The van der Waals surface area contributed by atoms with Gasteiger partial charge in [-0.2, -0.15) is 0 Å². The lowest BCUT2D eigenvalue weighted by atomic mass is 10.2. The lowest BCUT2D eigenvalue weighted by Gasteiger charge is -2.10. The number of hydrogen-bond acceptors (Lipinski definition) is 2. The Labute approximate surface area is 137 Å². The van der Waals surface area contributed by atoms with Crippen molar-refractivity contribution in [3.05, 3.63) is 62.5 Å². The highest BCUT2D eigenvalue weighted by Gasteiger charge is 2.06. The highest BCUT2D eigenvalue weighted by molar-refractivity contribution is 9.10. The van der Waals surface area contributed by atoms with Crippen LogP contribution in [0.25, 0.3) is 0 Å². The fourth-order valence-electron chi connectivity index (χ4n) is 1.68. The number of ether oxygens (including phenoxy) is 1. The second kappa shape index (κ2) is 7.89. The molecule has 0 atom stereocenters. The van der Waals surface area contributed by atoms with Gasteiger partial charge in [-0.05, 0) is 27.6 Å². The fourth-order valence-corrected chi connectivity index (χ4v) is 2.52. The molecule has 0 aliphatic rings. The van der Waals surface area contributed by atoms with Crippen LogP contribution >= 0.6 is 39.1 Å². The summed E-state index contributed by atoms with van der Waals surface area (Å²) in [6.07, 6.45) is 0. The second-order valence-electron chi connectivity index (χ2n) is 4.21. The molecule has 0 unspecified atom stereocenters. The Morgan fingerprint density at radius 1 is 1.05 bits per heavy atom. The van der Waals surface area contributed by atoms with Crippen LogP contribution in [0.15, 0.2) is 46.9 Å². The molecule has 20 heavy (non-hydrogen) atoms. The molecule has 2 aromatic carbocycles. The lowest BCUT2D eigenvalue weighted by molar-refractivity contribution is 0.314. The van der Waals surface area contributed by atoms with Gasteiger partial charge in [0.25, 0.3) is 0 Å². The Morgan fingerprint density at radius 3 is 2.55 bits per heavy atom. The number of nitrogens with one attached hydrogen (secondary N) is 1. The fraction of sp³-hybridized carbons (Fsp3) is 0.200. The molecule has 5 heteroatoms. The van der Waals surface area contributed by atoms with Crippen LogP contribution in [0.4, 0.5) is 0 Å². The van der Waals surface area contributed by atoms with E-state index in [0.717, 1.165) is 17.6 Å². The molecular formula is C15H14BrCl2NO. The predicted octanol–water partition coefficient (Wildman–Crippen LogP) is 4.92. The summed E-state index contributed by atoms with van der Waals surface area (Å²) in [5.74, 6) is 0.598. The number of rotatable bonds is 6. The van der Waals surface area contributed by atoms with E-state index in [0.29, 0.717) is 22.4 Å². The maximum Gasteiger partial charge on any atom is 0.139 e. The van der Waals surface area contributed by atoms with Crippen LogP contribution in [-0.2, 0) is 6.54 Å². The molecule has 2 rings (SSSR count). The first-order chi connectivity index (χ1) is 9.66. The largest absolute Gasteiger partial charge is 0.491 e. The van der Waals surface area contributed by atoms with Crippen LogP contribution in [0.5, 0.6) is 5.75 Å². The van der Waals surface area contributed by atoms with Crippen molar-refractivity contribution in [3.8, 4) is 5.75 Å². The van der Waals surface area contributed by atoms with Gasteiger partial charge in [-0.1, -0.05) is 53.5 Å². The van der Waals surface area contributed by atoms with Gasteiger partial charge in [0, 0.05) is 23.6 Å². The predicted molar refractivity (Wildman–Crippen MR) is 87.8 cm³/mol. The van der Waals surface area contributed by atoms with E-state index in [-0.39, 0.29) is 0 Å². The van der Waals surface area contributed by atoms with Crippen molar-refractivity contribution in [2.45, 2.75) is 6.54 Å². The van der Waals surface area contributed by atoms with Crippen molar-refractivity contribution in [3.63, 3.8) is 0 Å². The Balaban J connectivity index is 1.75. The van der Waals surface area contributed by atoms with Crippen molar-refractivity contribution in [2.75, 3.05) is 13.2 Å². The first-order valence-corrected chi connectivity index (χ1v) is 7.73. The molecule has 0 spiro atoms. The lowest BCUT2D eigenvalue weighted by Crippen LogP contribution is -2.20. The highest BCUT2D eigenvalue weighted by atomic mass is 79.9. The summed E-state index contributed by atoms with van der Waals surface area (Å²) in [6, 6.07) is 13.7. The number of hydrogen-bond donors (Lipinski definition) is 1. The first kappa shape index (κ1) is 15.6. The quantitative estimate of drug-likeness (QED) is 0.572. The van der Waals surface area contributed by atoms with Crippen LogP contribution in [0.3, 0.4) is 0 Å². The summed E-state index contributed by atoms with van der Waals surface area (Å²) in [5, 5.41) is 4.44. The molecule has 0 fully saturated rings. The zero-order chi connectivity index (χ0) is 14.4. The van der Waals surface area contributed by atoms with E-state index < -0.39 is 0 Å². The van der Waals surface area contributed by atoms with Gasteiger partial charge in [0.15, 0.2) is 0 Å². The zero-order valence-electron chi connectivity index (χ0n) is 10.7. The average molecular weight is 375 g/mol. The summed E-state index contributed by atoms with van der Waals surface area (Å²) in [6.45, 7) is 2.09. The van der Waals surface area contributed by atoms with Crippen molar-refractivity contribution in [1.29, 1.82) is 0 Å². The van der Waals surface area contributed by atoms with Crippen molar-refractivity contribution < 1.29 is 4.74 Å². The highest BCUT2D eigenvalue weighted by Crippen LogP contribution is 2.33. The molecule has 0 aliphatic carbocycles. The molecule has 106 valence electrons. The number of benzene rings is 2. The first-order valence-electron chi connectivity index (χ1n) is 6.19. The van der Waals surface area contributed by atoms with Crippen molar-refractivity contribution >= 4 is 39.1 Å². The zero-order valence-corrected chi connectivity index (χ0v) is 13.8. The van der Waals surface area contributed by atoms with E-state index in [9.17, 15) is 0 Å². The molecular weight excluding hydrogens is 361 g/mol. The molecule has 2 nitrogen and oxygen atoms in total. The van der Waals surface area contributed by atoms with Crippen molar-refractivity contribution in [1.82, 2.24) is 5.32 Å². The normalized spacial score (nSPS) is 10.6. The molecule has 0 saturated carbocycles. The third-order valence-corrected chi connectivity index (χ3v) is 4.18. The van der Waals surface area contributed by atoms with Gasteiger partial charge in [-0.3, -0.25) is 0 Å². The average Bonchev–Trinajstić information content (AvgIpc) is 2.45. The SMILES string of the molecule is Clc1cc(OCCNCc2ccccc2)c(Cl)cc1Br. The summed E-state index contributed by atoms with van der Waals surface area (Å²) >= 11 is 15.4. The molecule has 0 bridgehead atoms. The van der Waals surface area contributed by atoms with Gasteiger partial charge in [0.1, 0.15) is 12.4 Å². The Morgan fingerprint density at radius 2 is 1.80 bits per heavy atom. The molecule has 0 aliphatic heterocycles. The van der Waals surface area contributed by atoms with Gasteiger partial charge in [-0.15, -0.1) is 0 Å². The molecule has 0 radical (unpaired) electrons. The van der Waals surface area contributed by atoms with E-state index in [1.165, 1.54) is 5.56 Å². The van der Waals surface area contributed by atoms with Crippen LogP contribution < -0.4 is 10.1 Å². The third-order valence-electron chi connectivity index (χ3n) is 2.68. The van der Waals surface area contributed by atoms with E-state index in [4.69, 9.17) is 27.9 Å². The second-order valence-corrected chi connectivity index (χ2v) is 5.88. The minimum atomic E-state index is 0.532. The summed E-state index contributed by atoms with van der Waals surface area (Å²) in [7, 11) is 0. The van der Waals surface area contributed by atoms with Gasteiger partial charge in [0.2, 0.25) is 0 Å². The molecule has 2 aromatic rings. The van der Waals surface area contributed by atoms with Gasteiger partial charge >= 0.3 is 0 Å². The maximum absolute atomic E-state index is 6.08. The van der Waals surface area contributed by atoms with E-state index in [1.54, 1.807) is 12.1 Å². The topological polar surface area (TPSA) is 21.3 Å². The summed E-state index contributed by atoms with van der Waals surface area (Å²) < 4.78 is 6.37. The smallest absolute Gasteiger partial charge is 0.139 e. The monoisotopic (exact) mass is 373 g/mol.